The van der Waals surface area contributed by atoms with Crippen LogP contribution >= 0.6 is 0 Å². The molecule has 0 aliphatic carbocycles. The summed E-state index contributed by atoms with van der Waals surface area (Å²) < 4.78 is 0. The van der Waals surface area contributed by atoms with E-state index < -0.39 is 0 Å². The lowest BCUT2D eigenvalue weighted by Gasteiger charge is -2.40. The van der Waals surface area contributed by atoms with Crippen LogP contribution in [0.4, 0.5) is 0 Å². The summed E-state index contributed by atoms with van der Waals surface area (Å²) in [6, 6.07) is 1.12. The zero-order valence-corrected chi connectivity index (χ0v) is 8.29. The number of carbonyl (C=O) groups is 1. The molecule has 1 heterocycles. The Kier molecular flexibility index (Phi) is 3.27. The molecule has 2 nitrogen and oxygen atoms in total. The van der Waals surface area contributed by atoms with E-state index in [9.17, 15) is 4.79 Å². The molecule has 1 aliphatic heterocycles. The maximum absolute atomic E-state index is 10.4. The zero-order chi connectivity index (χ0) is 9.14. The molecule has 1 rings (SSSR count). The molecule has 0 aromatic heterocycles. The van der Waals surface area contributed by atoms with Crippen LogP contribution in [0.15, 0.2) is 0 Å². The van der Waals surface area contributed by atoms with Gasteiger partial charge in [0, 0.05) is 18.5 Å². The average Bonchev–Trinajstić information content (AvgIpc) is 2.00. The Balaban J connectivity index is 2.53. The number of hydrogen-bond acceptors (Lipinski definition) is 2. The number of nitrogens with zero attached hydrogens (tertiary/aromatic N) is 1. The van der Waals surface area contributed by atoms with Crippen molar-refractivity contribution >= 4 is 6.29 Å². The number of likely N-dealkylation sites (tertiary alicyclic amines) is 1. The van der Waals surface area contributed by atoms with Crippen molar-refractivity contribution in [3.05, 3.63) is 0 Å². The molecule has 0 spiro atoms. The normalized spacial score (nSPS) is 38.1. The second-order valence-electron chi connectivity index (χ2n) is 4.15. The molecule has 0 saturated carbocycles. The van der Waals surface area contributed by atoms with Gasteiger partial charge in [-0.05, 0) is 32.7 Å². The number of rotatable bonds is 2. The Morgan fingerprint density at radius 2 is 2.08 bits per heavy atom. The van der Waals surface area contributed by atoms with E-state index in [1.807, 2.05) is 0 Å². The fourth-order valence-corrected chi connectivity index (χ4v) is 2.21. The van der Waals surface area contributed by atoms with Gasteiger partial charge in [-0.2, -0.15) is 0 Å². The highest BCUT2D eigenvalue weighted by Crippen LogP contribution is 2.26. The third-order valence-electron chi connectivity index (χ3n) is 3.06. The van der Waals surface area contributed by atoms with E-state index in [4.69, 9.17) is 0 Å². The minimum Gasteiger partial charge on any atom is -0.303 e. The number of aldehydes is 1. The lowest BCUT2D eigenvalue weighted by atomic mass is 9.87. The highest BCUT2D eigenvalue weighted by molar-refractivity contribution is 5.50. The van der Waals surface area contributed by atoms with Crippen LogP contribution in [0.5, 0.6) is 0 Å². The molecule has 1 saturated heterocycles. The molecule has 70 valence electrons. The van der Waals surface area contributed by atoms with Gasteiger partial charge in [0.05, 0.1) is 0 Å². The van der Waals surface area contributed by atoms with E-state index in [1.54, 1.807) is 0 Å². The first-order valence-electron chi connectivity index (χ1n) is 4.80. The fraction of sp³-hybridized carbons (Fsp3) is 0.900. The van der Waals surface area contributed by atoms with Crippen LogP contribution in [0, 0.1) is 5.92 Å². The van der Waals surface area contributed by atoms with E-state index in [2.05, 4.69) is 25.8 Å². The van der Waals surface area contributed by atoms with Crippen molar-refractivity contribution in [3.63, 3.8) is 0 Å². The molecule has 0 N–H and O–H groups in total. The first-order valence-corrected chi connectivity index (χ1v) is 4.80. The maximum Gasteiger partial charge on any atom is 0.121 e. The Bertz CT molecular complexity index is 158. The highest BCUT2D eigenvalue weighted by Gasteiger charge is 2.27. The number of piperidine rings is 1. The predicted molar refractivity (Wildman–Crippen MR) is 50.1 cm³/mol. The van der Waals surface area contributed by atoms with Crippen molar-refractivity contribution < 1.29 is 4.79 Å². The highest BCUT2D eigenvalue weighted by atomic mass is 16.1. The summed E-state index contributed by atoms with van der Waals surface area (Å²) in [5.41, 5.74) is 0. The van der Waals surface area contributed by atoms with Gasteiger partial charge in [0.15, 0.2) is 0 Å². The molecule has 0 aromatic carbocycles. The van der Waals surface area contributed by atoms with Gasteiger partial charge in [0.25, 0.3) is 0 Å². The largest absolute Gasteiger partial charge is 0.303 e. The van der Waals surface area contributed by atoms with Crippen LogP contribution in [0.2, 0.25) is 0 Å². The average molecular weight is 169 g/mol. The van der Waals surface area contributed by atoms with E-state index in [0.29, 0.717) is 18.5 Å². The van der Waals surface area contributed by atoms with Gasteiger partial charge in [-0.15, -0.1) is 0 Å². The van der Waals surface area contributed by atoms with Crippen LogP contribution in [0.1, 0.15) is 33.1 Å². The number of hydrogen-bond donors (Lipinski definition) is 0. The van der Waals surface area contributed by atoms with E-state index in [1.165, 1.54) is 12.8 Å². The third kappa shape index (κ3) is 2.07. The quantitative estimate of drug-likeness (QED) is 0.586. The first kappa shape index (κ1) is 9.72. The summed E-state index contributed by atoms with van der Waals surface area (Å²) in [4.78, 5) is 12.7. The molecular weight excluding hydrogens is 150 g/mol. The zero-order valence-electron chi connectivity index (χ0n) is 8.29. The van der Waals surface area contributed by atoms with Crippen LogP contribution in [-0.2, 0) is 4.79 Å². The lowest BCUT2D eigenvalue weighted by Crippen LogP contribution is -2.45. The first-order chi connectivity index (χ1) is 5.65. The van der Waals surface area contributed by atoms with Crippen molar-refractivity contribution in [1.29, 1.82) is 0 Å². The molecule has 0 bridgehead atoms. The second kappa shape index (κ2) is 4.04. The summed E-state index contributed by atoms with van der Waals surface area (Å²) in [5.74, 6) is 0.779. The molecule has 3 unspecified atom stereocenters. The fourth-order valence-electron chi connectivity index (χ4n) is 2.21. The van der Waals surface area contributed by atoms with Gasteiger partial charge in [0.2, 0.25) is 0 Å². The van der Waals surface area contributed by atoms with Crippen molar-refractivity contribution in [2.45, 2.75) is 45.2 Å². The van der Waals surface area contributed by atoms with E-state index >= 15 is 0 Å². The minimum atomic E-state index is 0.487. The molecule has 2 heteroatoms. The van der Waals surface area contributed by atoms with Crippen LogP contribution < -0.4 is 0 Å². The van der Waals surface area contributed by atoms with Crippen molar-refractivity contribution in [3.8, 4) is 0 Å². The van der Waals surface area contributed by atoms with Gasteiger partial charge >= 0.3 is 0 Å². The Labute approximate surface area is 74.9 Å². The smallest absolute Gasteiger partial charge is 0.121 e. The molecule has 0 radical (unpaired) electrons. The van der Waals surface area contributed by atoms with Crippen molar-refractivity contribution in [2.24, 2.45) is 5.92 Å². The molecule has 12 heavy (non-hydrogen) atoms. The summed E-state index contributed by atoms with van der Waals surface area (Å²) >= 11 is 0. The Hall–Kier alpha value is -0.370. The maximum atomic E-state index is 10.4. The van der Waals surface area contributed by atoms with Gasteiger partial charge in [-0.25, -0.2) is 0 Å². The summed E-state index contributed by atoms with van der Waals surface area (Å²) in [6.07, 6.45) is 4.20. The topological polar surface area (TPSA) is 20.3 Å². The molecule has 3 atom stereocenters. The molecule has 1 aliphatic rings. The van der Waals surface area contributed by atoms with Gasteiger partial charge in [-0.3, -0.25) is 0 Å². The summed E-state index contributed by atoms with van der Waals surface area (Å²) in [6.45, 7) is 4.52. The SMILES string of the molecule is CC1CC(C)N(C)C(CC=O)C1. The second-order valence-corrected chi connectivity index (χ2v) is 4.15. The van der Waals surface area contributed by atoms with Crippen molar-refractivity contribution in [2.75, 3.05) is 7.05 Å². The van der Waals surface area contributed by atoms with E-state index in [0.717, 1.165) is 12.2 Å². The lowest BCUT2D eigenvalue weighted by molar-refractivity contribution is -0.109. The molecular formula is C10H19NO. The third-order valence-corrected chi connectivity index (χ3v) is 3.06. The summed E-state index contributed by atoms with van der Waals surface area (Å²) in [5, 5.41) is 0. The summed E-state index contributed by atoms with van der Waals surface area (Å²) in [7, 11) is 2.13. The molecule has 0 amide bonds. The Morgan fingerprint density at radius 3 is 2.67 bits per heavy atom. The Morgan fingerprint density at radius 1 is 1.42 bits per heavy atom. The molecule has 0 aromatic rings. The van der Waals surface area contributed by atoms with Gasteiger partial charge in [-0.1, -0.05) is 6.92 Å². The molecule has 1 fully saturated rings. The minimum absolute atomic E-state index is 0.487. The predicted octanol–water partition coefficient (Wildman–Crippen LogP) is 1.69. The standard InChI is InChI=1S/C10H19NO/c1-8-6-9(2)11(3)10(7-8)4-5-12/h5,8-10H,4,6-7H2,1-3H3. The van der Waals surface area contributed by atoms with Crippen LogP contribution in [-0.4, -0.2) is 30.3 Å². The van der Waals surface area contributed by atoms with Crippen LogP contribution in [0.25, 0.3) is 0 Å². The van der Waals surface area contributed by atoms with E-state index in [-0.39, 0.29) is 0 Å². The van der Waals surface area contributed by atoms with Crippen molar-refractivity contribution in [1.82, 2.24) is 4.90 Å². The van der Waals surface area contributed by atoms with Gasteiger partial charge in [0.1, 0.15) is 6.29 Å². The van der Waals surface area contributed by atoms with Crippen LogP contribution in [0.3, 0.4) is 0 Å². The monoisotopic (exact) mass is 169 g/mol. The number of carbonyl (C=O) groups excluding carboxylic acids is 1. The van der Waals surface area contributed by atoms with Gasteiger partial charge < -0.3 is 9.69 Å².